The smallest absolute Gasteiger partial charge is 0.325 e. The molecule has 12 heteroatoms. The van der Waals surface area contributed by atoms with Gasteiger partial charge in [-0.05, 0) is 29.8 Å². The van der Waals surface area contributed by atoms with Crippen molar-refractivity contribution >= 4 is 38.6 Å². The number of hydrogen-bond donors (Lipinski definition) is 0. The number of fused-ring (bicyclic) bond motifs is 1. The van der Waals surface area contributed by atoms with Gasteiger partial charge in [0, 0.05) is 50.9 Å². The Labute approximate surface area is 217 Å². The van der Waals surface area contributed by atoms with Crippen molar-refractivity contribution in [1.82, 2.24) is 19.1 Å². The average Bonchev–Trinajstić information content (AvgIpc) is 3.27. The van der Waals surface area contributed by atoms with E-state index in [9.17, 15) is 26.4 Å². The Balaban J connectivity index is 1.22. The number of carbonyl (C=O) groups excluding carboxylic acids is 1. The number of amides is 1. The monoisotopic (exact) mass is 550 g/mol. The van der Waals surface area contributed by atoms with Crippen LogP contribution in [0.25, 0.3) is 10.9 Å². The van der Waals surface area contributed by atoms with Crippen molar-refractivity contribution in [1.29, 1.82) is 0 Å². The summed E-state index contributed by atoms with van der Waals surface area (Å²) in [7, 11) is -3.73. The van der Waals surface area contributed by atoms with Crippen LogP contribution in [0, 0.1) is 0 Å². The van der Waals surface area contributed by atoms with E-state index in [-0.39, 0.29) is 16.6 Å². The van der Waals surface area contributed by atoms with Crippen LogP contribution in [0.2, 0.25) is 0 Å². The lowest BCUT2D eigenvalue weighted by atomic mass is 10.1. The Morgan fingerprint density at radius 3 is 2.46 bits per heavy atom. The van der Waals surface area contributed by atoms with Gasteiger partial charge in [-0.2, -0.15) is 17.5 Å². The van der Waals surface area contributed by atoms with E-state index in [1.54, 1.807) is 35.4 Å². The molecule has 0 N–H and O–H groups in total. The van der Waals surface area contributed by atoms with Gasteiger partial charge in [0.1, 0.15) is 10.3 Å². The Morgan fingerprint density at radius 1 is 0.973 bits per heavy atom. The molecule has 37 heavy (non-hydrogen) atoms. The van der Waals surface area contributed by atoms with Crippen LogP contribution in [-0.2, 0) is 21.0 Å². The number of sulfonamides is 1. The first-order chi connectivity index (χ1) is 17.6. The van der Waals surface area contributed by atoms with Crippen molar-refractivity contribution in [3.63, 3.8) is 0 Å². The van der Waals surface area contributed by atoms with Crippen molar-refractivity contribution < 1.29 is 26.4 Å². The maximum Gasteiger partial charge on any atom is 0.416 e. The summed E-state index contributed by atoms with van der Waals surface area (Å²) >= 11 is 1.32. The number of hydrogen-bond acceptors (Lipinski definition) is 6. The van der Waals surface area contributed by atoms with E-state index in [4.69, 9.17) is 0 Å². The van der Waals surface area contributed by atoms with Gasteiger partial charge in [0.2, 0.25) is 15.9 Å². The van der Waals surface area contributed by atoms with Gasteiger partial charge in [0.05, 0.1) is 16.8 Å². The van der Waals surface area contributed by atoms with Gasteiger partial charge < -0.3 is 4.90 Å². The minimum absolute atomic E-state index is 0.114. The molecule has 3 heterocycles. The minimum Gasteiger partial charge on any atom is -0.325 e. The molecule has 0 aliphatic carbocycles. The molecule has 2 saturated heterocycles. The summed E-state index contributed by atoms with van der Waals surface area (Å²) in [5.41, 5.74) is 0.159. The molecule has 0 saturated carbocycles. The number of benzene rings is 2. The fourth-order valence-electron chi connectivity index (χ4n) is 4.71. The molecule has 0 radical (unpaired) electrons. The fraction of sp³-hybridized carbons (Fsp3) is 0.360. The van der Waals surface area contributed by atoms with Crippen molar-refractivity contribution in [2.75, 3.05) is 45.0 Å². The van der Waals surface area contributed by atoms with Crippen LogP contribution in [0.3, 0.4) is 0 Å². The van der Waals surface area contributed by atoms with Crippen molar-refractivity contribution in [3.8, 4) is 0 Å². The lowest BCUT2D eigenvalue weighted by molar-refractivity contribution is -0.137. The number of alkyl halides is 3. The molecule has 1 amide bonds. The first-order valence-corrected chi connectivity index (χ1v) is 14.3. The van der Waals surface area contributed by atoms with E-state index in [0.717, 1.165) is 17.5 Å². The van der Waals surface area contributed by atoms with Gasteiger partial charge in [-0.15, -0.1) is 11.8 Å². The molecule has 2 aromatic carbocycles. The second-order valence-corrected chi connectivity index (χ2v) is 11.9. The predicted molar refractivity (Wildman–Crippen MR) is 135 cm³/mol. The summed E-state index contributed by atoms with van der Waals surface area (Å²) < 4.78 is 67.7. The van der Waals surface area contributed by atoms with E-state index in [1.165, 1.54) is 22.1 Å². The summed E-state index contributed by atoms with van der Waals surface area (Å²) in [6, 6.07) is 13.8. The molecule has 0 spiro atoms. The topological polar surface area (TPSA) is 73.8 Å². The summed E-state index contributed by atoms with van der Waals surface area (Å²) in [5.74, 6) is 0.100. The van der Waals surface area contributed by atoms with Crippen LogP contribution in [0.4, 0.5) is 13.2 Å². The molecular formula is C25H25F3N4O3S2. The van der Waals surface area contributed by atoms with Gasteiger partial charge in [-0.25, -0.2) is 8.42 Å². The van der Waals surface area contributed by atoms with E-state index < -0.39 is 27.1 Å². The third-order valence-electron chi connectivity index (χ3n) is 6.67. The Morgan fingerprint density at radius 2 is 1.70 bits per heavy atom. The van der Waals surface area contributed by atoms with Crippen molar-refractivity contribution in [2.45, 2.75) is 16.4 Å². The molecule has 1 atom stereocenters. The van der Waals surface area contributed by atoms with E-state index in [0.29, 0.717) is 50.3 Å². The quantitative estimate of drug-likeness (QED) is 0.465. The number of rotatable bonds is 6. The van der Waals surface area contributed by atoms with Crippen molar-refractivity contribution in [2.24, 2.45) is 0 Å². The van der Waals surface area contributed by atoms with Crippen LogP contribution in [0.5, 0.6) is 0 Å². The zero-order valence-electron chi connectivity index (χ0n) is 19.8. The van der Waals surface area contributed by atoms with E-state index >= 15 is 0 Å². The van der Waals surface area contributed by atoms with Crippen LogP contribution < -0.4 is 0 Å². The van der Waals surface area contributed by atoms with Gasteiger partial charge in [-0.1, -0.05) is 30.3 Å². The summed E-state index contributed by atoms with van der Waals surface area (Å²) in [6.45, 7) is 2.43. The normalized spacial score (nSPS) is 20.1. The third-order valence-corrected chi connectivity index (χ3v) is 9.86. The largest absolute Gasteiger partial charge is 0.416 e. The second-order valence-electron chi connectivity index (χ2n) is 8.95. The van der Waals surface area contributed by atoms with Crippen LogP contribution in [0.1, 0.15) is 16.5 Å². The molecule has 0 bridgehead atoms. The van der Waals surface area contributed by atoms with Crippen LogP contribution in [-0.4, -0.2) is 78.4 Å². The highest BCUT2D eigenvalue weighted by atomic mass is 32.2. The maximum absolute atomic E-state index is 13.3. The number of halogens is 3. The van der Waals surface area contributed by atoms with Crippen LogP contribution in [0.15, 0.2) is 65.7 Å². The number of para-hydroxylation sites is 1. The molecular weight excluding hydrogens is 525 g/mol. The first kappa shape index (κ1) is 26.0. The SMILES string of the molecule is O=C1CS[C@H](c2cccc(C(F)(F)F)c2)N1CCN1CCN(S(=O)(=O)c2cccc3cccnc23)CC1. The molecule has 3 aromatic rings. The molecule has 1 aromatic heterocycles. The number of carbonyl (C=O) groups is 1. The van der Waals surface area contributed by atoms with E-state index in [1.807, 2.05) is 12.1 Å². The zero-order valence-corrected chi connectivity index (χ0v) is 21.4. The van der Waals surface area contributed by atoms with Gasteiger partial charge in [0.15, 0.2) is 0 Å². The van der Waals surface area contributed by atoms with Gasteiger partial charge in [0.25, 0.3) is 0 Å². The molecule has 5 rings (SSSR count). The summed E-state index contributed by atoms with van der Waals surface area (Å²) in [4.78, 5) is 20.7. The molecule has 0 unspecified atom stereocenters. The standard InChI is InChI=1S/C25H25F3N4O3S2/c26-25(27,28)20-7-1-5-19(16-20)24-32(22(33)17-36-24)15-12-30-10-13-31(14-11-30)37(34,35)21-8-2-4-18-6-3-9-29-23(18)21/h1-9,16,24H,10-15,17H2/t24-/m1/s1. The summed E-state index contributed by atoms with van der Waals surface area (Å²) in [6.07, 6.45) is -2.87. The Bertz CT molecular complexity index is 1400. The highest BCUT2D eigenvalue weighted by Gasteiger charge is 2.36. The average molecular weight is 551 g/mol. The van der Waals surface area contributed by atoms with Crippen molar-refractivity contribution in [3.05, 3.63) is 71.9 Å². The third kappa shape index (κ3) is 5.33. The Kier molecular flexibility index (Phi) is 7.18. The van der Waals surface area contributed by atoms with Gasteiger partial charge >= 0.3 is 6.18 Å². The number of aromatic nitrogens is 1. The molecule has 196 valence electrons. The molecule has 7 nitrogen and oxygen atoms in total. The predicted octanol–water partition coefficient (Wildman–Crippen LogP) is 3.83. The second kappa shape index (κ2) is 10.2. The lowest BCUT2D eigenvalue weighted by Crippen LogP contribution is -2.50. The molecule has 2 aliphatic rings. The highest BCUT2D eigenvalue weighted by molar-refractivity contribution is 8.00. The number of pyridine rings is 1. The number of nitrogens with zero attached hydrogens (tertiary/aromatic N) is 4. The van der Waals surface area contributed by atoms with Crippen LogP contribution >= 0.6 is 11.8 Å². The zero-order chi connectivity index (χ0) is 26.2. The highest BCUT2D eigenvalue weighted by Crippen LogP contribution is 2.40. The van der Waals surface area contributed by atoms with Gasteiger partial charge in [-0.3, -0.25) is 14.7 Å². The van der Waals surface area contributed by atoms with E-state index in [2.05, 4.69) is 9.88 Å². The first-order valence-electron chi connectivity index (χ1n) is 11.8. The number of thioether (sulfide) groups is 1. The Hall–Kier alpha value is -2.67. The fourth-order valence-corrected chi connectivity index (χ4v) is 7.50. The maximum atomic E-state index is 13.3. The summed E-state index contributed by atoms with van der Waals surface area (Å²) in [5, 5.41) is 0.279. The molecule has 2 fully saturated rings. The number of piperazine rings is 1. The lowest BCUT2D eigenvalue weighted by Gasteiger charge is -2.35. The minimum atomic E-state index is -4.45. The molecule has 2 aliphatic heterocycles.